The third-order valence-electron chi connectivity index (χ3n) is 10.8. The van der Waals surface area contributed by atoms with Crippen molar-refractivity contribution in [2.24, 2.45) is 0 Å². The van der Waals surface area contributed by atoms with Crippen LogP contribution in [0.15, 0.2) is 185 Å². The van der Waals surface area contributed by atoms with Crippen LogP contribution in [0.2, 0.25) is 0 Å². The van der Waals surface area contributed by atoms with E-state index in [1.807, 2.05) is 47.7 Å². The zero-order valence-corrected chi connectivity index (χ0v) is 30.1. The van der Waals surface area contributed by atoms with E-state index in [2.05, 4.69) is 149 Å². The number of para-hydroxylation sites is 2. The van der Waals surface area contributed by atoms with Crippen molar-refractivity contribution in [1.82, 2.24) is 9.55 Å². The fourth-order valence-electron chi connectivity index (χ4n) is 8.35. The van der Waals surface area contributed by atoms with Gasteiger partial charge in [0.15, 0.2) is 5.58 Å². The van der Waals surface area contributed by atoms with Crippen LogP contribution in [0.3, 0.4) is 0 Å². The largest absolute Gasteiger partial charge is 0.456 e. The molecule has 0 saturated heterocycles. The van der Waals surface area contributed by atoms with E-state index in [0.29, 0.717) is 5.89 Å². The standard InChI is InChI=1S/C49H29N3O2S/c1-3-12-30(13-4-1)49-50-39-29-44-38(28-45(39)54-49)37-26-32(23-25-43(37)53-44)51(41-19-11-21-47-48(41)36-17-8-10-20-46(36)55-47)33-22-24-35-34-16-7-9-18-40(34)52(42(35)27-33)31-14-5-2-6-15-31/h1-29H. The second-order valence-corrected chi connectivity index (χ2v) is 15.0. The molecule has 0 aliphatic carbocycles. The third-order valence-corrected chi connectivity index (χ3v) is 11.9. The van der Waals surface area contributed by atoms with Crippen molar-refractivity contribution >= 4 is 103 Å². The predicted octanol–water partition coefficient (Wildman–Crippen LogP) is 14.3. The van der Waals surface area contributed by atoms with E-state index >= 15 is 0 Å². The first-order chi connectivity index (χ1) is 27.2. The van der Waals surface area contributed by atoms with E-state index in [9.17, 15) is 0 Å². The Morgan fingerprint density at radius 1 is 0.473 bits per heavy atom. The van der Waals surface area contributed by atoms with Crippen molar-refractivity contribution in [1.29, 1.82) is 0 Å². The van der Waals surface area contributed by atoms with Crippen molar-refractivity contribution in [3.8, 4) is 17.1 Å². The monoisotopic (exact) mass is 723 g/mol. The lowest BCUT2D eigenvalue weighted by Gasteiger charge is -2.27. The van der Waals surface area contributed by atoms with Crippen LogP contribution in [-0.2, 0) is 0 Å². The number of thiophene rings is 1. The molecular weight excluding hydrogens is 695 g/mol. The Balaban J connectivity index is 1.12. The third kappa shape index (κ3) is 4.62. The van der Waals surface area contributed by atoms with Gasteiger partial charge in [0, 0.05) is 70.4 Å². The molecule has 0 unspecified atom stereocenters. The Labute approximate surface area is 318 Å². The Morgan fingerprint density at radius 2 is 1.18 bits per heavy atom. The molecule has 12 rings (SSSR count). The lowest BCUT2D eigenvalue weighted by Crippen LogP contribution is -2.10. The molecular formula is C49H29N3O2S. The van der Waals surface area contributed by atoms with Gasteiger partial charge in [-0.3, -0.25) is 0 Å². The van der Waals surface area contributed by atoms with Gasteiger partial charge in [0.25, 0.3) is 0 Å². The van der Waals surface area contributed by atoms with Gasteiger partial charge in [-0.2, -0.15) is 0 Å². The van der Waals surface area contributed by atoms with E-state index in [-0.39, 0.29) is 0 Å². The summed E-state index contributed by atoms with van der Waals surface area (Å²) in [6.07, 6.45) is 0. The highest BCUT2D eigenvalue weighted by Gasteiger charge is 2.22. The molecule has 4 aromatic heterocycles. The molecule has 4 heterocycles. The Kier molecular flexibility index (Phi) is 6.44. The summed E-state index contributed by atoms with van der Waals surface area (Å²) >= 11 is 1.83. The van der Waals surface area contributed by atoms with Gasteiger partial charge in [-0.1, -0.05) is 84.9 Å². The van der Waals surface area contributed by atoms with E-state index < -0.39 is 0 Å². The van der Waals surface area contributed by atoms with Crippen LogP contribution >= 0.6 is 11.3 Å². The normalized spacial score (nSPS) is 12.0. The number of rotatable bonds is 5. The summed E-state index contributed by atoms with van der Waals surface area (Å²) in [6.45, 7) is 0. The lowest BCUT2D eigenvalue weighted by atomic mass is 10.1. The fourth-order valence-corrected chi connectivity index (χ4v) is 9.48. The molecule has 0 amide bonds. The number of aromatic nitrogens is 2. The Hall–Kier alpha value is -7.15. The molecule has 0 atom stereocenters. The number of furan rings is 1. The number of fused-ring (bicyclic) bond motifs is 10. The minimum absolute atomic E-state index is 0.596. The molecule has 0 aliphatic rings. The summed E-state index contributed by atoms with van der Waals surface area (Å²) in [5.74, 6) is 0.596. The quantitative estimate of drug-likeness (QED) is 0.177. The molecule has 5 nitrogen and oxygen atoms in total. The van der Waals surface area contributed by atoms with Crippen LogP contribution in [0, 0.1) is 0 Å². The second-order valence-electron chi connectivity index (χ2n) is 14.0. The molecule has 12 aromatic rings. The molecule has 0 bridgehead atoms. The summed E-state index contributed by atoms with van der Waals surface area (Å²) in [5, 5.41) is 6.92. The molecule has 6 heteroatoms. The van der Waals surface area contributed by atoms with Gasteiger partial charge in [0.1, 0.15) is 16.7 Å². The number of oxazole rings is 1. The molecule has 0 fully saturated rings. The summed E-state index contributed by atoms with van der Waals surface area (Å²) in [7, 11) is 0. The maximum absolute atomic E-state index is 6.49. The summed E-state index contributed by atoms with van der Waals surface area (Å²) in [6, 6.07) is 62.2. The SMILES string of the molecule is c1ccc(-c2nc3cc4oc5ccc(N(c6ccc7c8ccccc8n(-c8ccccc8)c7c6)c6cccc7sc8ccccc8c67)cc5c4cc3o2)cc1. The van der Waals surface area contributed by atoms with Crippen LogP contribution in [0.5, 0.6) is 0 Å². The molecule has 258 valence electrons. The van der Waals surface area contributed by atoms with Crippen molar-refractivity contribution in [2.45, 2.75) is 0 Å². The molecule has 8 aromatic carbocycles. The van der Waals surface area contributed by atoms with Gasteiger partial charge in [0.2, 0.25) is 5.89 Å². The number of hydrogen-bond donors (Lipinski definition) is 0. The highest BCUT2D eigenvalue weighted by molar-refractivity contribution is 7.26. The second kappa shape index (κ2) is 11.7. The highest BCUT2D eigenvalue weighted by Crippen LogP contribution is 2.47. The smallest absolute Gasteiger partial charge is 0.227 e. The molecule has 0 spiro atoms. The first kappa shape index (κ1) is 30.3. The maximum atomic E-state index is 6.49. The van der Waals surface area contributed by atoms with E-state index in [1.54, 1.807) is 0 Å². The van der Waals surface area contributed by atoms with Gasteiger partial charge in [0.05, 0.1) is 16.7 Å². The van der Waals surface area contributed by atoms with Gasteiger partial charge in [-0.05, 0) is 84.9 Å². The summed E-state index contributed by atoms with van der Waals surface area (Å²) < 4.78 is 17.7. The minimum atomic E-state index is 0.596. The summed E-state index contributed by atoms with van der Waals surface area (Å²) in [5.41, 5.74) is 10.7. The van der Waals surface area contributed by atoms with Gasteiger partial charge < -0.3 is 18.3 Å². The fraction of sp³-hybridized carbons (Fsp3) is 0. The average molecular weight is 724 g/mol. The number of nitrogens with zero attached hydrogens (tertiary/aromatic N) is 3. The van der Waals surface area contributed by atoms with Gasteiger partial charge in [-0.15, -0.1) is 11.3 Å². The number of hydrogen-bond acceptors (Lipinski definition) is 5. The summed E-state index contributed by atoms with van der Waals surface area (Å²) in [4.78, 5) is 7.22. The lowest BCUT2D eigenvalue weighted by molar-refractivity contribution is 0.620. The minimum Gasteiger partial charge on any atom is -0.456 e. The first-order valence-electron chi connectivity index (χ1n) is 18.4. The molecule has 55 heavy (non-hydrogen) atoms. The molecule has 0 saturated carbocycles. The molecule has 0 aliphatic heterocycles. The number of benzene rings is 8. The number of anilines is 3. The van der Waals surface area contributed by atoms with Crippen LogP contribution in [0.4, 0.5) is 17.1 Å². The zero-order valence-electron chi connectivity index (χ0n) is 29.3. The Morgan fingerprint density at radius 3 is 2.07 bits per heavy atom. The molecule has 0 radical (unpaired) electrons. The highest BCUT2D eigenvalue weighted by atomic mass is 32.1. The van der Waals surface area contributed by atoms with E-state index in [1.165, 1.54) is 36.5 Å². The molecule has 0 N–H and O–H groups in total. The zero-order chi connectivity index (χ0) is 36.0. The van der Waals surface area contributed by atoms with E-state index in [0.717, 1.165) is 66.9 Å². The predicted molar refractivity (Wildman–Crippen MR) is 229 cm³/mol. The van der Waals surface area contributed by atoms with Gasteiger partial charge in [-0.25, -0.2) is 4.98 Å². The van der Waals surface area contributed by atoms with Crippen molar-refractivity contribution in [2.75, 3.05) is 4.90 Å². The maximum Gasteiger partial charge on any atom is 0.227 e. The van der Waals surface area contributed by atoms with E-state index in [4.69, 9.17) is 13.8 Å². The first-order valence-corrected chi connectivity index (χ1v) is 19.2. The van der Waals surface area contributed by atoms with Crippen LogP contribution in [-0.4, -0.2) is 9.55 Å². The topological polar surface area (TPSA) is 47.3 Å². The van der Waals surface area contributed by atoms with Crippen molar-refractivity contribution in [3.05, 3.63) is 176 Å². The average Bonchev–Trinajstić information content (AvgIpc) is 4.01. The van der Waals surface area contributed by atoms with Crippen LogP contribution in [0.1, 0.15) is 0 Å². The van der Waals surface area contributed by atoms with Crippen LogP contribution < -0.4 is 4.90 Å². The van der Waals surface area contributed by atoms with Crippen molar-refractivity contribution in [3.63, 3.8) is 0 Å². The Bertz CT molecular complexity index is 3450. The van der Waals surface area contributed by atoms with Crippen molar-refractivity contribution < 1.29 is 8.83 Å². The van der Waals surface area contributed by atoms with Gasteiger partial charge >= 0.3 is 0 Å². The van der Waals surface area contributed by atoms with Crippen LogP contribution in [0.25, 0.3) is 92.2 Å².